The maximum absolute atomic E-state index is 12.0. The van der Waals surface area contributed by atoms with E-state index in [1.54, 1.807) is 0 Å². The molecule has 1 aliphatic heterocycles. The Morgan fingerprint density at radius 2 is 2.07 bits per heavy atom. The highest BCUT2D eigenvalue weighted by molar-refractivity contribution is 5.82. The molecule has 0 spiro atoms. The molecule has 1 heterocycles. The zero-order valence-corrected chi connectivity index (χ0v) is 9.07. The van der Waals surface area contributed by atoms with Crippen LogP contribution in [0.25, 0.3) is 0 Å². The zero-order valence-electron chi connectivity index (χ0n) is 9.07. The van der Waals surface area contributed by atoms with Crippen LogP contribution in [0.5, 0.6) is 0 Å². The number of hydrogen-bond donors (Lipinski definition) is 1. The fourth-order valence-electron chi connectivity index (χ4n) is 2.52. The summed E-state index contributed by atoms with van der Waals surface area (Å²) in [5.74, 6) is 1.86. The van der Waals surface area contributed by atoms with Gasteiger partial charge in [-0.1, -0.05) is 13.8 Å². The van der Waals surface area contributed by atoms with Crippen LogP contribution in [0.4, 0.5) is 0 Å². The molecule has 0 aromatic rings. The van der Waals surface area contributed by atoms with Gasteiger partial charge in [-0.25, -0.2) is 0 Å². The van der Waals surface area contributed by atoms with Gasteiger partial charge in [-0.3, -0.25) is 4.79 Å². The lowest BCUT2D eigenvalue weighted by molar-refractivity contribution is -0.133. The van der Waals surface area contributed by atoms with Crippen molar-refractivity contribution in [2.24, 2.45) is 23.5 Å². The van der Waals surface area contributed by atoms with E-state index in [4.69, 9.17) is 5.73 Å². The van der Waals surface area contributed by atoms with Crippen molar-refractivity contribution in [1.82, 2.24) is 4.90 Å². The number of amides is 1. The van der Waals surface area contributed by atoms with Gasteiger partial charge in [0, 0.05) is 25.0 Å². The normalized spacial score (nSPS) is 41.5. The third-order valence-electron chi connectivity index (χ3n) is 3.83. The van der Waals surface area contributed by atoms with Crippen LogP contribution in [0.1, 0.15) is 26.7 Å². The van der Waals surface area contributed by atoms with Gasteiger partial charge in [0.05, 0.1) is 0 Å². The number of carbonyl (C=O) groups excluding carboxylic acids is 1. The molecule has 3 nitrogen and oxygen atoms in total. The third-order valence-corrected chi connectivity index (χ3v) is 3.83. The van der Waals surface area contributed by atoms with Gasteiger partial charge < -0.3 is 10.6 Å². The van der Waals surface area contributed by atoms with E-state index in [2.05, 4.69) is 13.8 Å². The lowest BCUT2D eigenvalue weighted by Gasteiger charge is -2.25. The summed E-state index contributed by atoms with van der Waals surface area (Å²) in [6.07, 6.45) is 2.20. The first-order valence-electron chi connectivity index (χ1n) is 5.65. The van der Waals surface area contributed by atoms with E-state index in [1.807, 2.05) is 4.90 Å². The molecule has 2 N–H and O–H groups in total. The van der Waals surface area contributed by atoms with E-state index < -0.39 is 0 Å². The summed E-state index contributed by atoms with van der Waals surface area (Å²) >= 11 is 0. The van der Waals surface area contributed by atoms with Gasteiger partial charge >= 0.3 is 0 Å². The van der Waals surface area contributed by atoms with E-state index in [1.165, 1.54) is 0 Å². The Morgan fingerprint density at radius 1 is 1.43 bits per heavy atom. The molecule has 1 amide bonds. The zero-order chi connectivity index (χ0) is 10.3. The Hall–Kier alpha value is -0.570. The Morgan fingerprint density at radius 3 is 2.57 bits per heavy atom. The Kier molecular flexibility index (Phi) is 2.52. The van der Waals surface area contributed by atoms with E-state index in [0.29, 0.717) is 36.2 Å². The maximum atomic E-state index is 12.0. The van der Waals surface area contributed by atoms with Gasteiger partial charge in [0.1, 0.15) is 0 Å². The van der Waals surface area contributed by atoms with Crippen molar-refractivity contribution in [1.29, 1.82) is 0 Å². The van der Waals surface area contributed by atoms with Crippen LogP contribution >= 0.6 is 0 Å². The predicted octanol–water partition coefficient (Wildman–Crippen LogP) is 0.838. The second-order valence-corrected chi connectivity index (χ2v) is 4.92. The van der Waals surface area contributed by atoms with Gasteiger partial charge in [0.25, 0.3) is 0 Å². The Balaban J connectivity index is 2.00. The van der Waals surface area contributed by atoms with Crippen LogP contribution in [-0.2, 0) is 4.79 Å². The average molecular weight is 196 g/mol. The second kappa shape index (κ2) is 3.54. The van der Waals surface area contributed by atoms with Crippen molar-refractivity contribution in [3.8, 4) is 0 Å². The smallest absolute Gasteiger partial charge is 0.226 e. The van der Waals surface area contributed by atoms with Crippen molar-refractivity contribution in [2.75, 3.05) is 13.1 Å². The van der Waals surface area contributed by atoms with Crippen molar-refractivity contribution >= 4 is 5.91 Å². The monoisotopic (exact) mass is 196 g/mol. The molecule has 4 atom stereocenters. The highest BCUT2D eigenvalue weighted by Crippen LogP contribution is 2.40. The van der Waals surface area contributed by atoms with Crippen molar-refractivity contribution in [3.05, 3.63) is 0 Å². The van der Waals surface area contributed by atoms with Gasteiger partial charge in [0.15, 0.2) is 0 Å². The molecular formula is C11H20N2O. The highest BCUT2D eigenvalue weighted by Gasteiger charge is 2.45. The molecule has 1 saturated heterocycles. The number of likely N-dealkylation sites (tertiary alicyclic amines) is 1. The topological polar surface area (TPSA) is 46.3 Å². The molecule has 2 aliphatic rings. The lowest BCUT2D eigenvalue weighted by Crippen LogP contribution is -2.43. The number of nitrogens with zero attached hydrogens (tertiary/aromatic N) is 1. The first kappa shape index (κ1) is 9.97. The highest BCUT2D eigenvalue weighted by atomic mass is 16.2. The first-order valence-corrected chi connectivity index (χ1v) is 5.65. The van der Waals surface area contributed by atoms with Crippen LogP contribution < -0.4 is 5.73 Å². The van der Waals surface area contributed by atoms with Crippen molar-refractivity contribution in [3.63, 3.8) is 0 Å². The second-order valence-electron chi connectivity index (χ2n) is 4.92. The molecule has 1 saturated carbocycles. The van der Waals surface area contributed by atoms with Gasteiger partial charge in [-0.15, -0.1) is 0 Å². The van der Waals surface area contributed by atoms with E-state index in [0.717, 1.165) is 19.4 Å². The fourth-order valence-corrected chi connectivity index (χ4v) is 2.52. The SMILES string of the molecule is CC1CC1C(=O)N1CCC(C)C1CN. The van der Waals surface area contributed by atoms with Crippen LogP contribution in [0.15, 0.2) is 0 Å². The molecule has 3 heteroatoms. The lowest BCUT2D eigenvalue weighted by atomic mass is 10.0. The quantitative estimate of drug-likeness (QED) is 0.711. The van der Waals surface area contributed by atoms with Crippen LogP contribution in [0.2, 0.25) is 0 Å². The maximum Gasteiger partial charge on any atom is 0.226 e. The van der Waals surface area contributed by atoms with Crippen molar-refractivity contribution < 1.29 is 4.79 Å². The van der Waals surface area contributed by atoms with Crippen molar-refractivity contribution in [2.45, 2.75) is 32.7 Å². The summed E-state index contributed by atoms with van der Waals surface area (Å²) < 4.78 is 0. The Labute approximate surface area is 85.6 Å². The summed E-state index contributed by atoms with van der Waals surface area (Å²) in [7, 11) is 0. The van der Waals surface area contributed by atoms with Crippen LogP contribution in [-0.4, -0.2) is 29.9 Å². The number of hydrogen-bond acceptors (Lipinski definition) is 2. The standard InChI is InChI=1S/C11H20N2O/c1-7-3-4-13(10(7)6-12)11(14)9-5-8(9)2/h7-10H,3-6,12H2,1-2H3. The molecule has 1 aliphatic carbocycles. The molecule has 0 bridgehead atoms. The molecule has 14 heavy (non-hydrogen) atoms. The minimum absolute atomic E-state index is 0.301. The number of nitrogens with two attached hydrogens (primary N) is 1. The van der Waals surface area contributed by atoms with E-state index in [9.17, 15) is 4.79 Å². The predicted molar refractivity (Wildman–Crippen MR) is 55.6 cm³/mol. The molecule has 0 radical (unpaired) electrons. The third kappa shape index (κ3) is 1.54. The van der Waals surface area contributed by atoms with E-state index in [-0.39, 0.29) is 0 Å². The molecule has 0 aromatic carbocycles. The molecule has 80 valence electrons. The first-order chi connectivity index (χ1) is 6.65. The molecule has 0 aromatic heterocycles. The van der Waals surface area contributed by atoms with Gasteiger partial charge in [-0.2, -0.15) is 0 Å². The van der Waals surface area contributed by atoms with Gasteiger partial charge in [-0.05, 0) is 24.7 Å². The summed E-state index contributed by atoms with van der Waals surface area (Å²) in [6.45, 7) is 5.89. The largest absolute Gasteiger partial charge is 0.338 e. The molecular weight excluding hydrogens is 176 g/mol. The molecule has 2 fully saturated rings. The summed E-state index contributed by atoms with van der Waals surface area (Å²) in [6, 6.07) is 0.301. The summed E-state index contributed by atoms with van der Waals surface area (Å²) in [5, 5.41) is 0. The van der Waals surface area contributed by atoms with E-state index >= 15 is 0 Å². The summed E-state index contributed by atoms with van der Waals surface area (Å²) in [4.78, 5) is 14.0. The average Bonchev–Trinajstić information content (AvgIpc) is 2.76. The molecule has 4 unspecified atom stereocenters. The van der Waals surface area contributed by atoms with Gasteiger partial charge in [0.2, 0.25) is 5.91 Å². The number of rotatable bonds is 2. The fraction of sp³-hybridized carbons (Fsp3) is 0.909. The van der Waals surface area contributed by atoms with Crippen LogP contribution in [0.3, 0.4) is 0 Å². The number of carbonyl (C=O) groups is 1. The molecule has 2 rings (SSSR count). The minimum Gasteiger partial charge on any atom is -0.338 e. The summed E-state index contributed by atoms with van der Waals surface area (Å²) in [5.41, 5.74) is 5.71. The Bertz CT molecular complexity index is 241. The van der Waals surface area contributed by atoms with Crippen LogP contribution in [0, 0.1) is 17.8 Å². The minimum atomic E-state index is 0.301.